The standard InChI is InChI=1S/C12H27NO/c1-4-7-10-14-11-8-9-12(5-2)13-6-3/h12-13H,4-11H2,1-3H3. The second kappa shape index (κ2) is 11.0. The monoisotopic (exact) mass is 201 g/mol. The highest BCUT2D eigenvalue weighted by atomic mass is 16.5. The van der Waals surface area contributed by atoms with Gasteiger partial charge in [-0.3, -0.25) is 0 Å². The molecule has 0 spiro atoms. The maximum absolute atomic E-state index is 5.52. The van der Waals surface area contributed by atoms with Gasteiger partial charge in [-0.2, -0.15) is 0 Å². The zero-order chi connectivity index (χ0) is 10.6. The lowest BCUT2D eigenvalue weighted by molar-refractivity contribution is 0.125. The molecule has 0 bridgehead atoms. The second-order valence-electron chi connectivity index (χ2n) is 3.77. The molecule has 1 N–H and O–H groups in total. The molecule has 2 heteroatoms. The van der Waals surface area contributed by atoms with Crippen molar-refractivity contribution in [3.8, 4) is 0 Å². The van der Waals surface area contributed by atoms with E-state index in [0.717, 1.165) is 19.8 Å². The van der Waals surface area contributed by atoms with Crippen molar-refractivity contribution in [1.29, 1.82) is 0 Å². The van der Waals surface area contributed by atoms with Crippen LogP contribution in [-0.2, 0) is 4.74 Å². The molecule has 1 unspecified atom stereocenters. The summed E-state index contributed by atoms with van der Waals surface area (Å²) in [6, 6.07) is 0.690. The van der Waals surface area contributed by atoms with Crippen LogP contribution < -0.4 is 5.32 Å². The van der Waals surface area contributed by atoms with E-state index in [9.17, 15) is 0 Å². The predicted molar refractivity (Wildman–Crippen MR) is 62.7 cm³/mol. The van der Waals surface area contributed by atoms with Gasteiger partial charge in [-0.1, -0.05) is 27.2 Å². The summed E-state index contributed by atoms with van der Waals surface area (Å²) in [6.45, 7) is 9.55. The van der Waals surface area contributed by atoms with E-state index in [1.54, 1.807) is 0 Å². The average Bonchev–Trinajstić information content (AvgIpc) is 2.21. The first kappa shape index (κ1) is 13.9. The highest BCUT2D eigenvalue weighted by molar-refractivity contribution is 4.62. The van der Waals surface area contributed by atoms with E-state index >= 15 is 0 Å². The Morgan fingerprint density at radius 3 is 2.36 bits per heavy atom. The zero-order valence-electron chi connectivity index (χ0n) is 10.1. The van der Waals surface area contributed by atoms with Crippen LogP contribution in [0.5, 0.6) is 0 Å². The molecule has 0 aromatic heterocycles. The van der Waals surface area contributed by atoms with Gasteiger partial charge in [0.2, 0.25) is 0 Å². The molecule has 0 aromatic rings. The number of hydrogen-bond donors (Lipinski definition) is 1. The van der Waals surface area contributed by atoms with Crippen molar-refractivity contribution in [2.45, 2.75) is 58.9 Å². The van der Waals surface area contributed by atoms with Crippen molar-refractivity contribution in [2.75, 3.05) is 19.8 Å². The Morgan fingerprint density at radius 2 is 1.79 bits per heavy atom. The summed E-state index contributed by atoms with van der Waals surface area (Å²) in [5.41, 5.74) is 0. The largest absolute Gasteiger partial charge is 0.381 e. The topological polar surface area (TPSA) is 21.3 Å². The molecule has 0 saturated heterocycles. The Balaban J connectivity index is 3.15. The second-order valence-corrected chi connectivity index (χ2v) is 3.77. The quantitative estimate of drug-likeness (QED) is 0.549. The van der Waals surface area contributed by atoms with E-state index in [-0.39, 0.29) is 0 Å². The third-order valence-corrected chi connectivity index (χ3v) is 2.47. The molecule has 0 aliphatic rings. The van der Waals surface area contributed by atoms with E-state index in [4.69, 9.17) is 4.74 Å². The smallest absolute Gasteiger partial charge is 0.0466 e. The first-order chi connectivity index (χ1) is 6.85. The highest BCUT2D eigenvalue weighted by Gasteiger charge is 2.02. The molecular weight excluding hydrogens is 174 g/mol. The van der Waals surface area contributed by atoms with Gasteiger partial charge in [-0.15, -0.1) is 0 Å². The van der Waals surface area contributed by atoms with Crippen LogP contribution in [-0.4, -0.2) is 25.8 Å². The molecule has 0 aliphatic carbocycles. The van der Waals surface area contributed by atoms with Crippen molar-refractivity contribution in [2.24, 2.45) is 0 Å². The van der Waals surface area contributed by atoms with Crippen molar-refractivity contribution in [3.63, 3.8) is 0 Å². The van der Waals surface area contributed by atoms with Crippen LogP contribution in [0.4, 0.5) is 0 Å². The lowest BCUT2D eigenvalue weighted by Gasteiger charge is -2.15. The minimum Gasteiger partial charge on any atom is -0.381 e. The molecule has 0 heterocycles. The van der Waals surface area contributed by atoms with Gasteiger partial charge < -0.3 is 10.1 Å². The van der Waals surface area contributed by atoms with Crippen molar-refractivity contribution < 1.29 is 4.74 Å². The molecule has 0 radical (unpaired) electrons. The van der Waals surface area contributed by atoms with Crippen molar-refractivity contribution in [1.82, 2.24) is 5.32 Å². The van der Waals surface area contributed by atoms with Crippen LogP contribution in [0.1, 0.15) is 52.9 Å². The summed E-state index contributed by atoms with van der Waals surface area (Å²) in [6.07, 6.45) is 6.09. The number of unbranched alkanes of at least 4 members (excludes halogenated alkanes) is 1. The fourth-order valence-electron chi connectivity index (χ4n) is 1.52. The van der Waals surface area contributed by atoms with Gasteiger partial charge in [0, 0.05) is 19.3 Å². The Bertz CT molecular complexity index is 106. The molecular formula is C12H27NO. The van der Waals surface area contributed by atoms with Gasteiger partial charge in [0.05, 0.1) is 0 Å². The fourth-order valence-corrected chi connectivity index (χ4v) is 1.52. The Hall–Kier alpha value is -0.0800. The van der Waals surface area contributed by atoms with E-state index in [2.05, 4.69) is 26.1 Å². The summed E-state index contributed by atoms with van der Waals surface area (Å²) in [7, 11) is 0. The van der Waals surface area contributed by atoms with Crippen LogP contribution in [0.2, 0.25) is 0 Å². The van der Waals surface area contributed by atoms with Crippen LogP contribution in [0.25, 0.3) is 0 Å². The molecule has 0 rings (SSSR count). The minimum absolute atomic E-state index is 0.690. The average molecular weight is 201 g/mol. The van der Waals surface area contributed by atoms with Crippen LogP contribution in [0, 0.1) is 0 Å². The van der Waals surface area contributed by atoms with Crippen molar-refractivity contribution >= 4 is 0 Å². The summed E-state index contributed by atoms with van der Waals surface area (Å²) in [4.78, 5) is 0. The molecule has 2 nitrogen and oxygen atoms in total. The fraction of sp³-hybridized carbons (Fsp3) is 1.00. The van der Waals surface area contributed by atoms with Gasteiger partial charge in [0.1, 0.15) is 0 Å². The minimum atomic E-state index is 0.690. The molecule has 1 atom stereocenters. The molecule has 0 aliphatic heterocycles. The number of nitrogens with one attached hydrogen (secondary N) is 1. The van der Waals surface area contributed by atoms with E-state index in [0.29, 0.717) is 6.04 Å². The molecule has 86 valence electrons. The lowest BCUT2D eigenvalue weighted by atomic mass is 10.1. The normalized spacial score (nSPS) is 13.1. The van der Waals surface area contributed by atoms with Crippen LogP contribution in [0.3, 0.4) is 0 Å². The summed E-state index contributed by atoms with van der Waals surface area (Å²) in [5, 5.41) is 3.48. The van der Waals surface area contributed by atoms with Crippen LogP contribution >= 0.6 is 0 Å². The first-order valence-corrected chi connectivity index (χ1v) is 6.16. The summed E-state index contributed by atoms with van der Waals surface area (Å²) >= 11 is 0. The Kier molecular flexibility index (Phi) is 10.9. The zero-order valence-corrected chi connectivity index (χ0v) is 10.1. The summed E-state index contributed by atoms with van der Waals surface area (Å²) < 4.78 is 5.52. The number of hydrogen-bond acceptors (Lipinski definition) is 2. The van der Waals surface area contributed by atoms with E-state index < -0.39 is 0 Å². The van der Waals surface area contributed by atoms with Gasteiger partial charge in [0.25, 0.3) is 0 Å². The van der Waals surface area contributed by atoms with Crippen molar-refractivity contribution in [3.05, 3.63) is 0 Å². The Morgan fingerprint density at radius 1 is 1.07 bits per heavy atom. The van der Waals surface area contributed by atoms with Gasteiger partial charge >= 0.3 is 0 Å². The maximum Gasteiger partial charge on any atom is 0.0466 e. The molecule has 0 aromatic carbocycles. The number of ether oxygens (including phenoxy) is 1. The summed E-state index contributed by atoms with van der Waals surface area (Å²) in [5.74, 6) is 0. The third-order valence-electron chi connectivity index (χ3n) is 2.47. The van der Waals surface area contributed by atoms with E-state index in [1.165, 1.54) is 32.1 Å². The van der Waals surface area contributed by atoms with Crippen LogP contribution in [0.15, 0.2) is 0 Å². The highest BCUT2D eigenvalue weighted by Crippen LogP contribution is 2.02. The van der Waals surface area contributed by atoms with Gasteiger partial charge in [0.15, 0.2) is 0 Å². The Labute approximate surface area is 89.4 Å². The van der Waals surface area contributed by atoms with E-state index in [1.807, 2.05) is 0 Å². The predicted octanol–water partition coefficient (Wildman–Crippen LogP) is 2.97. The SMILES string of the molecule is CCCCOCCCC(CC)NCC. The van der Waals surface area contributed by atoms with Gasteiger partial charge in [-0.05, 0) is 32.2 Å². The lowest BCUT2D eigenvalue weighted by Crippen LogP contribution is -2.28. The first-order valence-electron chi connectivity index (χ1n) is 6.16. The third kappa shape index (κ3) is 8.52. The van der Waals surface area contributed by atoms with Gasteiger partial charge in [-0.25, -0.2) is 0 Å². The molecule has 14 heavy (non-hydrogen) atoms. The molecule has 0 saturated carbocycles. The molecule has 0 fully saturated rings. The molecule has 0 amide bonds. The number of rotatable bonds is 10. The maximum atomic E-state index is 5.52.